The number of rotatable bonds is 3. The zero-order valence-electron chi connectivity index (χ0n) is 29.3. The van der Waals surface area contributed by atoms with Crippen LogP contribution in [-0.2, 0) is 0 Å². The van der Waals surface area contributed by atoms with Crippen molar-refractivity contribution in [2.75, 3.05) is 0 Å². The highest BCUT2D eigenvalue weighted by Gasteiger charge is 2.23. The van der Waals surface area contributed by atoms with Crippen LogP contribution < -0.4 is 0 Å². The van der Waals surface area contributed by atoms with Gasteiger partial charge in [0.25, 0.3) is 0 Å². The molecule has 13 aromatic rings. The van der Waals surface area contributed by atoms with E-state index in [1.807, 2.05) is 18.3 Å². The second-order valence-corrected chi connectivity index (χ2v) is 14.3. The Balaban J connectivity index is 1.07. The molecule has 0 bridgehead atoms. The molecule has 7 heteroatoms. The maximum absolute atomic E-state index is 6.48. The number of fused-ring (bicyclic) bond motifs is 14. The molecule has 0 amide bonds. The fraction of sp³-hybridized carbons (Fsp3) is 0. The number of furan rings is 1. The highest BCUT2D eigenvalue weighted by molar-refractivity contribution is 6.15. The first-order valence-electron chi connectivity index (χ1n) is 18.5. The Labute approximate surface area is 312 Å². The summed E-state index contributed by atoms with van der Waals surface area (Å²) in [7, 11) is 0. The van der Waals surface area contributed by atoms with Crippen LogP contribution in [-0.4, -0.2) is 28.1 Å². The van der Waals surface area contributed by atoms with Crippen LogP contribution in [0, 0.1) is 0 Å². The summed E-state index contributed by atoms with van der Waals surface area (Å²) in [6, 6.07) is 58.1. The zero-order valence-corrected chi connectivity index (χ0v) is 29.3. The highest BCUT2D eigenvalue weighted by Crippen LogP contribution is 2.41. The van der Waals surface area contributed by atoms with Crippen molar-refractivity contribution in [2.24, 2.45) is 0 Å². The lowest BCUT2D eigenvalue weighted by Gasteiger charge is -2.10. The summed E-state index contributed by atoms with van der Waals surface area (Å²) < 4.78 is 15.7. The van der Waals surface area contributed by atoms with Crippen LogP contribution in [0.3, 0.4) is 0 Å². The van der Waals surface area contributed by atoms with Crippen molar-refractivity contribution in [3.8, 4) is 17.1 Å². The first-order valence-corrected chi connectivity index (χ1v) is 18.5. The third kappa shape index (κ3) is 3.78. The van der Waals surface area contributed by atoms with E-state index in [2.05, 4.69) is 170 Å². The van der Waals surface area contributed by atoms with Crippen molar-refractivity contribution in [2.45, 2.75) is 0 Å². The van der Waals surface area contributed by atoms with E-state index < -0.39 is 0 Å². The minimum atomic E-state index is 0.838. The molecule has 0 saturated heterocycles. The Hall–Kier alpha value is -7.64. The summed E-state index contributed by atoms with van der Waals surface area (Å²) in [6.07, 6.45) is 1.86. The number of hydrogen-bond acceptors (Lipinski definition) is 3. The normalized spacial score (nSPS) is 12.4. The van der Waals surface area contributed by atoms with Crippen molar-refractivity contribution in [3.05, 3.63) is 170 Å². The van der Waals surface area contributed by atoms with E-state index in [4.69, 9.17) is 14.4 Å². The van der Waals surface area contributed by atoms with Crippen LogP contribution in [0.15, 0.2) is 174 Å². The molecule has 7 aromatic carbocycles. The maximum atomic E-state index is 6.48. The zero-order chi connectivity index (χ0) is 35.8. The average molecular weight is 705 g/mol. The predicted octanol–water partition coefficient (Wildman–Crippen LogP) is 11.9. The first-order chi connectivity index (χ1) is 27.3. The van der Waals surface area contributed by atoms with Gasteiger partial charge in [-0.15, -0.1) is 0 Å². The molecule has 0 aliphatic heterocycles. The van der Waals surface area contributed by atoms with Crippen molar-refractivity contribution >= 4 is 93.5 Å². The standard InChI is InChI=1S/C48H28N6O/c1-5-15-37-31(11-1)32-12-2-6-16-38(32)51(37)29-22-24-44-34(27-29)35-28-30(23-25-45(35)55-44)52-39-17-7-3-13-33(39)46-41(52)19-9-20-42(46)53-43-21-10-26-49-47(43)54-40-18-8-4-14-36(40)50-48(53)54/h1-28H. The van der Waals surface area contributed by atoms with Gasteiger partial charge in [-0.1, -0.05) is 72.8 Å². The van der Waals surface area contributed by atoms with Crippen LogP contribution in [0.4, 0.5) is 0 Å². The van der Waals surface area contributed by atoms with Gasteiger partial charge >= 0.3 is 0 Å². The first kappa shape index (κ1) is 28.9. The summed E-state index contributed by atoms with van der Waals surface area (Å²) in [4.78, 5) is 10.0. The molecule has 6 heterocycles. The Kier molecular flexibility index (Phi) is 5.51. The minimum absolute atomic E-state index is 0.838. The van der Waals surface area contributed by atoms with Gasteiger partial charge in [0, 0.05) is 49.9 Å². The van der Waals surface area contributed by atoms with E-state index in [-0.39, 0.29) is 0 Å². The van der Waals surface area contributed by atoms with Crippen LogP contribution in [0.25, 0.3) is 111 Å². The van der Waals surface area contributed by atoms with Gasteiger partial charge < -0.3 is 13.6 Å². The monoisotopic (exact) mass is 704 g/mol. The van der Waals surface area contributed by atoms with Crippen LogP contribution in [0.5, 0.6) is 0 Å². The van der Waals surface area contributed by atoms with Gasteiger partial charge in [0.2, 0.25) is 5.78 Å². The highest BCUT2D eigenvalue weighted by atomic mass is 16.3. The van der Waals surface area contributed by atoms with E-state index in [0.717, 1.165) is 83.4 Å². The van der Waals surface area contributed by atoms with Gasteiger partial charge in [-0.3, -0.25) is 8.97 Å². The fourth-order valence-corrected chi connectivity index (χ4v) is 9.15. The molecule has 0 aliphatic rings. The van der Waals surface area contributed by atoms with Crippen molar-refractivity contribution < 1.29 is 4.42 Å². The lowest BCUT2D eigenvalue weighted by atomic mass is 10.1. The van der Waals surface area contributed by atoms with Crippen LogP contribution in [0.1, 0.15) is 0 Å². The van der Waals surface area contributed by atoms with E-state index >= 15 is 0 Å². The second-order valence-electron chi connectivity index (χ2n) is 14.3. The summed E-state index contributed by atoms with van der Waals surface area (Å²) in [5.41, 5.74) is 13.4. The third-order valence-electron chi connectivity index (χ3n) is 11.4. The van der Waals surface area contributed by atoms with Crippen LogP contribution in [0.2, 0.25) is 0 Å². The largest absolute Gasteiger partial charge is 0.456 e. The topological polar surface area (TPSA) is 58.1 Å². The average Bonchev–Trinajstić information content (AvgIpc) is 4.03. The van der Waals surface area contributed by atoms with Gasteiger partial charge in [0.05, 0.1) is 44.3 Å². The molecule has 0 saturated carbocycles. The Morgan fingerprint density at radius 1 is 0.418 bits per heavy atom. The molecule has 0 unspecified atom stereocenters. The summed E-state index contributed by atoms with van der Waals surface area (Å²) in [6.45, 7) is 0. The van der Waals surface area contributed by atoms with Gasteiger partial charge in [-0.05, 0) is 91.0 Å². The molecule has 0 fully saturated rings. The molecule has 13 rings (SSSR count). The third-order valence-corrected chi connectivity index (χ3v) is 11.4. The smallest absolute Gasteiger partial charge is 0.221 e. The van der Waals surface area contributed by atoms with E-state index in [1.54, 1.807) is 0 Å². The number of hydrogen-bond donors (Lipinski definition) is 0. The van der Waals surface area contributed by atoms with Gasteiger partial charge in [-0.25, -0.2) is 9.97 Å². The molecule has 7 nitrogen and oxygen atoms in total. The Morgan fingerprint density at radius 2 is 0.982 bits per heavy atom. The lowest BCUT2D eigenvalue weighted by Crippen LogP contribution is -1.97. The molecule has 0 N–H and O–H groups in total. The molecule has 0 spiro atoms. The van der Waals surface area contributed by atoms with Crippen molar-refractivity contribution in [1.82, 2.24) is 28.1 Å². The molecular formula is C48H28N6O. The second kappa shape index (κ2) is 10.5. The number of imidazole rings is 2. The molecule has 6 aromatic heterocycles. The van der Waals surface area contributed by atoms with Gasteiger partial charge in [0.1, 0.15) is 11.2 Å². The van der Waals surface area contributed by atoms with Gasteiger partial charge in [-0.2, -0.15) is 0 Å². The molecule has 0 atom stereocenters. The molecular weight excluding hydrogens is 677 g/mol. The van der Waals surface area contributed by atoms with Crippen molar-refractivity contribution in [1.29, 1.82) is 0 Å². The van der Waals surface area contributed by atoms with E-state index in [0.29, 0.717) is 0 Å². The Bertz CT molecular complexity index is 3690. The fourth-order valence-electron chi connectivity index (χ4n) is 9.15. The number of pyridine rings is 1. The number of benzene rings is 7. The number of nitrogens with zero attached hydrogens (tertiary/aromatic N) is 6. The quantitative estimate of drug-likeness (QED) is 0.184. The SMILES string of the molecule is c1ccc2c(c1)nc1n(-c3cccc4c3c3ccccc3n4-c3ccc4oc5ccc(-n6c7ccccc7c7ccccc76)cc5c4c3)c3cccnc3n21. The predicted molar refractivity (Wildman–Crippen MR) is 223 cm³/mol. The maximum Gasteiger partial charge on any atom is 0.221 e. The Morgan fingerprint density at radius 3 is 1.69 bits per heavy atom. The van der Waals surface area contributed by atoms with E-state index in [1.165, 1.54) is 27.2 Å². The van der Waals surface area contributed by atoms with E-state index in [9.17, 15) is 0 Å². The van der Waals surface area contributed by atoms with Gasteiger partial charge in [0.15, 0.2) is 5.65 Å². The number of para-hydroxylation sites is 5. The molecule has 256 valence electrons. The summed E-state index contributed by atoms with van der Waals surface area (Å²) in [5, 5.41) is 6.96. The minimum Gasteiger partial charge on any atom is -0.456 e. The summed E-state index contributed by atoms with van der Waals surface area (Å²) >= 11 is 0. The van der Waals surface area contributed by atoms with Crippen LogP contribution >= 0.6 is 0 Å². The molecule has 55 heavy (non-hydrogen) atoms. The van der Waals surface area contributed by atoms with Crippen molar-refractivity contribution in [3.63, 3.8) is 0 Å². The lowest BCUT2D eigenvalue weighted by molar-refractivity contribution is 0.669. The summed E-state index contributed by atoms with van der Waals surface area (Å²) in [5.74, 6) is 0.838. The number of aromatic nitrogens is 6. The molecule has 0 radical (unpaired) electrons. The molecule has 0 aliphatic carbocycles.